The van der Waals surface area contributed by atoms with Crippen molar-refractivity contribution in [1.29, 1.82) is 0 Å². The minimum absolute atomic E-state index is 0.0281. The van der Waals surface area contributed by atoms with Crippen molar-refractivity contribution in [3.8, 4) is 0 Å². The first-order valence-corrected chi connectivity index (χ1v) is 6.20. The number of aliphatic hydroxyl groups is 1. The lowest BCUT2D eigenvalue weighted by Gasteiger charge is -2.05. The lowest BCUT2D eigenvalue weighted by molar-refractivity contribution is 0.280. The number of aliphatic hydroxyl groups excluding tert-OH is 1. The Morgan fingerprint density at radius 2 is 1.94 bits per heavy atom. The molecule has 0 amide bonds. The predicted molar refractivity (Wildman–Crippen MR) is 60.7 cm³/mol. The lowest BCUT2D eigenvalue weighted by Crippen LogP contribution is -1.92. The van der Waals surface area contributed by atoms with Gasteiger partial charge in [-0.3, -0.25) is 0 Å². The molecule has 0 unspecified atom stereocenters. The largest absolute Gasteiger partial charge is 0.392 e. The second-order valence-corrected chi connectivity index (χ2v) is 5.34. The Hall–Kier alpha value is -0.910. The summed E-state index contributed by atoms with van der Waals surface area (Å²) in [6, 6.07) is 5.93. The second-order valence-electron chi connectivity index (χ2n) is 3.08. The first kappa shape index (κ1) is 11.6. The Bertz CT molecular complexity index is 460. The van der Waals surface area contributed by atoms with Gasteiger partial charge in [0.15, 0.2) is 0 Å². The van der Waals surface area contributed by atoms with E-state index in [1.54, 1.807) is 6.07 Å². The fraction of sp³-hybridized carbons (Fsp3) is 0.0909. The van der Waals surface area contributed by atoms with Crippen molar-refractivity contribution in [1.82, 2.24) is 0 Å². The highest BCUT2D eigenvalue weighted by atomic mass is 32.2. The zero-order valence-electron chi connectivity index (χ0n) is 8.11. The monoisotopic (exact) mass is 258 g/mol. The van der Waals surface area contributed by atoms with E-state index in [9.17, 15) is 8.78 Å². The van der Waals surface area contributed by atoms with Crippen molar-refractivity contribution in [2.24, 2.45) is 0 Å². The van der Waals surface area contributed by atoms with Crippen molar-refractivity contribution in [2.75, 3.05) is 0 Å². The summed E-state index contributed by atoms with van der Waals surface area (Å²) >= 11 is 2.48. The molecule has 16 heavy (non-hydrogen) atoms. The molecule has 0 atom stereocenters. The molecule has 0 radical (unpaired) electrons. The van der Waals surface area contributed by atoms with Crippen molar-refractivity contribution in [3.05, 3.63) is 46.8 Å². The van der Waals surface area contributed by atoms with E-state index in [1.165, 1.54) is 11.3 Å². The molecule has 0 aliphatic heterocycles. The number of benzene rings is 1. The van der Waals surface area contributed by atoms with E-state index in [0.29, 0.717) is 0 Å². The maximum absolute atomic E-state index is 13.5. The van der Waals surface area contributed by atoms with Gasteiger partial charge in [0.05, 0.1) is 15.7 Å². The molecule has 0 fully saturated rings. The van der Waals surface area contributed by atoms with Crippen LogP contribution in [0.1, 0.15) is 5.56 Å². The number of hydrogen-bond donors (Lipinski definition) is 1. The standard InChI is InChI=1S/C11H8F2OS2/c12-8-4-7(6-14)5-9(13)11(8)16-10-2-1-3-15-10/h1-5,14H,6H2. The van der Waals surface area contributed by atoms with Crippen LogP contribution in [0.25, 0.3) is 0 Å². The van der Waals surface area contributed by atoms with Crippen LogP contribution < -0.4 is 0 Å². The van der Waals surface area contributed by atoms with Crippen LogP contribution in [0.4, 0.5) is 8.78 Å². The average Bonchev–Trinajstić information content (AvgIpc) is 2.75. The molecule has 84 valence electrons. The van der Waals surface area contributed by atoms with Gasteiger partial charge in [0.1, 0.15) is 11.6 Å². The second kappa shape index (κ2) is 4.95. The minimum Gasteiger partial charge on any atom is -0.392 e. The number of thiophene rings is 1. The van der Waals surface area contributed by atoms with E-state index >= 15 is 0 Å². The maximum Gasteiger partial charge on any atom is 0.140 e. The molecule has 0 saturated heterocycles. The smallest absolute Gasteiger partial charge is 0.140 e. The molecule has 1 aromatic heterocycles. The summed E-state index contributed by atoms with van der Waals surface area (Å²) < 4.78 is 27.9. The molecular weight excluding hydrogens is 250 g/mol. The van der Waals surface area contributed by atoms with Gasteiger partial charge in [0, 0.05) is 0 Å². The summed E-state index contributed by atoms with van der Waals surface area (Å²) in [6.07, 6.45) is 0. The summed E-state index contributed by atoms with van der Waals surface area (Å²) in [7, 11) is 0. The van der Waals surface area contributed by atoms with Crippen molar-refractivity contribution < 1.29 is 13.9 Å². The summed E-state index contributed by atoms with van der Waals surface area (Å²) in [4.78, 5) is -0.0281. The Morgan fingerprint density at radius 1 is 1.25 bits per heavy atom. The molecule has 5 heteroatoms. The highest BCUT2D eigenvalue weighted by Crippen LogP contribution is 2.35. The summed E-state index contributed by atoms with van der Waals surface area (Å²) in [5.74, 6) is -1.27. The fourth-order valence-corrected chi connectivity index (χ4v) is 2.94. The quantitative estimate of drug-likeness (QED) is 0.906. The Kier molecular flexibility index (Phi) is 3.58. The third-order valence-electron chi connectivity index (χ3n) is 1.94. The first-order valence-electron chi connectivity index (χ1n) is 4.51. The SMILES string of the molecule is OCc1cc(F)c(Sc2cccs2)c(F)c1. The van der Waals surface area contributed by atoms with Gasteiger partial charge in [-0.05, 0) is 29.1 Å². The van der Waals surface area contributed by atoms with Gasteiger partial charge in [-0.2, -0.15) is 0 Å². The molecule has 1 N–H and O–H groups in total. The molecule has 1 nitrogen and oxygen atoms in total. The topological polar surface area (TPSA) is 20.2 Å². The van der Waals surface area contributed by atoms with Crippen molar-refractivity contribution in [3.63, 3.8) is 0 Å². The molecule has 1 aromatic carbocycles. The first-order chi connectivity index (χ1) is 7.70. The van der Waals surface area contributed by atoms with Gasteiger partial charge >= 0.3 is 0 Å². The molecule has 1 heterocycles. The van der Waals surface area contributed by atoms with Crippen LogP contribution in [0.5, 0.6) is 0 Å². The van der Waals surface area contributed by atoms with Crippen LogP contribution in [0.2, 0.25) is 0 Å². The normalized spacial score (nSPS) is 10.7. The Labute approximate surface area is 99.7 Å². The minimum atomic E-state index is -0.637. The van der Waals surface area contributed by atoms with E-state index in [4.69, 9.17) is 5.11 Å². The van der Waals surface area contributed by atoms with Crippen LogP contribution in [0, 0.1) is 11.6 Å². The van der Waals surface area contributed by atoms with Crippen LogP contribution in [-0.4, -0.2) is 5.11 Å². The maximum atomic E-state index is 13.5. The summed E-state index contributed by atoms with van der Waals surface area (Å²) in [5.41, 5.74) is 0.241. The van der Waals surface area contributed by atoms with Gasteiger partial charge in [0.2, 0.25) is 0 Å². The third kappa shape index (κ3) is 2.42. The predicted octanol–water partition coefficient (Wildman–Crippen LogP) is 3.67. The lowest BCUT2D eigenvalue weighted by atomic mass is 10.2. The van der Waals surface area contributed by atoms with Crippen LogP contribution >= 0.6 is 23.1 Å². The summed E-state index contributed by atoms with van der Waals surface area (Å²) in [5, 5.41) is 10.6. The van der Waals surface area contributed by atoms with Gasteiger partial charge in [-0.15, -0.1) is 11.3 Å². The average molecular weight is 258 g/mol. The fourth-order valence-electron chi connectivity index (χ4n) is 1.22. The molecule has 2 aromatic rings. The third-order valence-corrected chi connectivity index (χ3v) is 4.07. The van der Waals surface area contributed by atoms with E-state index in [-0.39, 0.29) is 17.1 Å². The van der Waals surface area contributed by atoms with E-state index < -0.39 is 11.6 Å². The number of rotatable bonds is 3. The highest BCUT2D eigenvalue weighted by Gasteiger charge is 2.12. The molecule has 0 spiro atoms. The summed E-state index contributed by atoms with van der Waals surface area (Å²) in [6.45, 7) is -0.363. The van der Waals surface area contributed by atoms with Gasteiger partial charge in [-0.25, -0.2) is 8.78 Å². The Balaban J connectivity index is 2.34. The zero-order chi connectivity index (χ0) is 11.5. The van der Waals surface area contributed by atoms with Crippen molar-refractivity contribution in [2.45, 2.75) is 15.7 Å². The molecule has 2 rings (SSSR count). The number of halogens is 2. The molecule has 0 bridgehead atoms. The molecular formula is C11H8F2OS2. The molecule has 0 saturated carbocycles. The van der Waals surface area contributed by atoms with Gasteiger partial charge in [-0.1, -0.05) is 17.8 Å². The van der Waals surface area contributed by atoms with E-state index in [2.05, 4.69) is 0 Å². The van der Waals surface area contributed by atoms with Crippen LogP contribution in [0.3, 0.4) is 0 Å². The highest BCUT2D eigenvalue weighted by molar-refractivity contribution is 8.01. The van der Waals surface area contributed by atoms with Crippen LogP contribution in [0.15, 0.2) is 38.8 Å². The van der Waals surface area contributed by atoms with Crippen LogP contribution in [-0.2, 0) is 6.61 Å². The van der Waals surface area contributed by atoms with E-state index in [1.807, 2.05) is 11.4 Å². The van der Waals surface area contributed by atoms with Gasteiger partial charge < -0.3 is 5.11 Å². The molecule has 0 aliphatic rings. The van der Waals surface area contributed by atoms with E-state index in [0.717, 1.165) is 28.1 Å². The number of hydrogen-bond acceptors (Lipinski definition) is 3. The molecule has 0 aliphatic carbocycles. The van der Waals surface area contributed by atoms with Crippen molar-refractivity contribution >= 4 is 23.1 Å². The zero-order valence-corrected chi connectivity index (χ0v) is 9.75. The Morgan fingerprint density at radius 3 is 2.44 bits per heavy atom. The van der Waals surface area contributed by atoms with Gasteiger partial charge in [0.25, 0.3) is 0 Å².